The van der Waals surface area contributed by atoms with Crippen LogP contribution >= 0.6 is 0 Å². The van der Waals surface area contributed by atoms with Gasteiger partial charge in [-0.3, -0.25) is 28.8 Å². The number of hydrogen-bond acceptors (Lipinski definition) is 6. The van der Waals surface area contributed by atoms with Gasteiger partial charge in [0.15, 0.2) is 0 Å². The third kappa shape index (κ3) is 13.0. The molecule has 5 N–H and O–H groups in total. The molecule has 12 heteroatoms. The van der Waals surface area contributed by atoms with Crippen LogP contribution in [0.15, 0.2) is 140 Å². The van der Waals surface area contributed by atoms with E-state index in [4.69, 9.17) is 0 Å². The van der Waals surface area contributed by atoms with E-state index >= 15 is 0 Å². The monoisotopic (exact) mass is 820 g/mol. The summed E-state index contributed by atoms with van der Waals surface area (Å²) in [5.41, 5.74) is 5.66. The van der Waals surface area contributed by atoms with E-state index in [1.807, 2.05) is 115 Å². The van der Waals surface area contributed by atoms with Gasteiger partial charge in [0.25, 0.3) is 0 Å². The molecule has 0 spiro atoms. The van der Waals surface area contributed by atoms with Gasteiger partial charge in [0.2, 0.25) is 35.4 Å². The van der Waals surface area contributed by atoms with E-state index in [2.05, 4.69) is 26.6 Å². The van der Waals surface area contributed by atoms with Crippen LogP contribution in [0.3, 0.4) is 0 Å². The van der Waals surface area contributed by atoms with Gasteiger partial charge in [-0.15, -0.1) is 0 Å². The van der Waals surface area contributed by atoms with Crippen molar-refractivity contribution in [3.05, 3.63) is 162 Å². The molecule has 5 aromatic carbocycles. The molecule has 61 heavy (non-hydrogen) atoms. The summed E-state index contributed by atoms with van der Waals surface area (Å²) in [7, 11) is 3.20. The normalized spacial score (nSPS) is 19.3. The van der Waals surface area contributed by atoms with Crippen LogP contribution in [0, 0.1) is 0 Å². The highest BCUT2D eigenvalue weighted by Gasteiger charge is 2.32. The van der Waals surface area contributed by atoms with Gasteiger partial charge in [-0.05, 0) is 58.4 Å². The lowest BCUT2D eigenvalue weighted by molar-refractivity contribution is -0.136. The summed E-state index contributed by atoms with van der Waals surface area (Å²) in [4.78, 5) is 84.5. The minimum absolute atomic E-state index is 0.0589. The fourth-order valence-corrected chi connectivity index (χ4v) is 7.20. The summed E-state index contributed by atoms with van der Waals surface area (Å²) in [6.45, 7) is 0. The number of amides is 6. The van der Waals surface area contributed by atoms with Crippen LogP contribution in [-0.4, -0.2) is 78.6 Å². The molecule has 2 bridgehead atoms. The van der Waals surface area contributed by atoms with Crippen LogP contribution < -0.4 is 26.6 Å². The van der Waals surface area contributed by atoms with Gasteiger partial charge in [0.05, 0.1) is 0 Å². The number of hydrogen-bond donors (Lipinski definition) is 5. The molecule has 6 amide bonds. The second-order valence-corrected chi connectivity index (χ2v) is 15.5. The van der Waals surface area contributed by atoms with Crippen molar-refractivity contribution < 1.29 is 28.8 Å². The maximum Gasteiger partial charge on any atom is 0.244 e. The van der Waals surface area contributed by atoms with E-state index in [1.54, 1.807) is 38.4 Å². The first-order chi connectivity index (χ1) is 29.5. The third-order valence-corrected chi connectivity index (χ3v) is 10.6. The summed E-state index contributed by atoms with van der Waals surface area (Å²) in [6.07, 6.45) is 0.617. The minimum Gasteiger partial charge on any atom is -0.347 e. The van der Waals surface area contributed by atoms with E-state index in [0.717, 1.165) is 33.4 Å². The topological polar surface area (TPSA) is 166 Å². The van der Waals surface area contributed by atoms with Crippen molar-refractivity contribution in [1.29, 1.82) is 0 Å². The highest BCUT2D eigenvalue weighted by atomic mass is 16.2. The van der Waals surface area contributed by atoms with Gasteiger partial charge >= 0.3 is 0 Å². The number of anilines is 1. The molecule has 2 aliphatic rings. The van der Waals surface area contributed by atoms with Crippen LogP contribution in [0.2, 0.25) is 0 Å². The van der Waals surface area contributed by atoms with Gasteiger partial charge in [-0.25, -0.2) is 0 Å². The largest absolute Gasteiger partial charge is 0.347 e. The first kappa shape index (κ1) is 43.5. The lowest BCUT2D eigenvalue weighted by Gasteiger charge is -2.27. The average Bonchev–Trinajstić information content (AvgIpc) is 3.27. The number of rotatable bonds is 9. The molecule has 0 saturated heterocycles. The Balaban J connectivity index is 1.35. The Morgan fingerprint density at radius 3 is 1.61 bits per heavy atom. The molecule has 2 heterocycles. The minimum atomic E-state index is -1.19. The van der Waals surface area contributed by atoms with E-state index in [0.29, 0.717) is 12.1 Å². The van der Waals surface area contributed by atoms with Crippen LogP contribution in [-0.2, 0) is 54.5 Å². The number of nitrogens with zero attached hydrogens (tertiary/aromatic N) is 1. The van der Waals surface area contributed by atoms with Crippen molar-refractivity contribution in [2.24, 2.45) is 0 Å². The van der Waals surface area contributed by atoms with Crippen molar-refractivity contribution in [3.8, 4) is 11.1 Å². The Morgan fingerprint density at radius 2 is 1.02 bits per heavy atom. The molecule has 5 aromatic rings. The molecule has 314 valence electrons. The fourth-order valence-electron chi connectivity index (χ4n) is 7.20. The Morgan fingerprint density at radius 1 is 0.525 bits per heavy atom. The quantitative estimate of drug-likeness (QED) is 0.135. The molecule has 0 aromatic heterocycles. The molecule has 4 atom stereocenters. The number of benzene rings is 5. The number of fused-ring (bicyclic) bond motifs is 18. The smallest absolute Gasteiger partial charge is 0.244 e. The lowest BCUT2D eigenvalue weighted by Crippen LogP contribution is -2.59. The van der Waals surface area contributed by atoms with Crippen molar-refractivity contribution in [1.82, 2.24) is 26.2 Å². The van der Waals surface area contributed by atoms with E-state index in [1.165, 1.54) is 4.90 Å². The van der Waals surface area contributed by atoms with Gasteiger partial charge in [-0.2, -0.15) is 0 Å². The summed E-state index contributed by atoms with van der Waals surface area (Å²) >= 11 is 0. The zero-order chi connectivity index (χ0) is 43.1. The van der Waals surface area contributed by atoms with Crippen LogP contribution in [0.5, 0.6) is 0 Å². The number of carbonyl (C=O) groups excluding carboxylic acids is 6. The van der Waals surface area contributed by atoms with E-state index < -0.39 is 53.7 Å². The number of nitrogens with one attached hydrogen (secondary N) is 5. The lowest BCUT2D eigenvalue weighted by atomic mass is 9.98. The van der Waals surface area contributed by atoms with Gasteiger partial charge < -0.3 is 31.5 Å². The van der Waals surface area contributed by atoms with Gasteiger partial charge in [-0.1, -0.05) is 127 Å². The molecular weight excluding hydrogens is 769 g/mol. The number of aryl methyl sites for hydroxylation is 1. The van der Waals surface area contributed by atoms with Crippen LogP contribution in [0.25, 0.3) is 11.1 Å². The molecule has 2 aliphatic heterocycles. The van der Waals surface area contributed by atoms with Crippen molar-refractivity contribution in [2.75, 3.05) is 19.4 Å². The Bertz CT molecular complexity index is 2270. The van der Waals surface area contributed by atoms with Gasteiger partial charge in [0.1, 0.15) is 24.2 Å². The maximum atomic E-state index is 14.6. The van der Waals surface area contributed by atoms with E-state index in [-0.39, 0.29) is 44.4 Å². The van der Waals surface area contributed by atoms with Crippen molar-refractivity contribution in [3.63, 3.8) is 0 Å². The van der Waals surface area contributed by atoms with Crippen LogP contribution in [0.4, 0.5) is 5.69 Å². The fraction of sp³-hybridized carbons (Fsp3) is 0.265. The predicted octanol–water partition coefficient (Wildman–Crippen LogP) is 4.77. The standard InChI is InChI=1S/C49H52N6O6/c1-55(2)49(61)43-32-36-20-25-39(26-21-36)50-44(56)28-29-45(57)51-40(27-22-33-12-6-3-7-13-33)46(58)52-42(31-35-18-23-38(24-19-35)37-16-10-5-11-17-37)47(59)53-41(48(60)54-43)30-34-14-8-4-9-15-34/h3-21,23-26,40-43H,22,27-32H2,1-2H3,(H,50,56)(H,51,57)(H,52,58)(H,53,59)(H,54,60)/t40?,41-,42+,43+/m1/s1. The Hall–Kier alpha value is -7.08. The second-order valence-electron chi connectivity index (χ2n) is 15.5. The molecule has 7 rings (SSSR count). The summed E-state index contributed by atoms with van der Waals surface area (Å²) < 4.78 is 0. The predicted molar refractivity (Wildman–Crippen MR) is 235 cm³/mol. The summed E-state index contributed by atoms with van der Waals surface area (Å²) in [5, 5.41) is 14.3. The molecule has 0 radical (unpaired) electrons. The van der Waals surface area contributed by atoms with Crippen molar-refractivity contribution in [2.45, 2.75) is 69.1 Å². The van der Waals surface area contributed by atoms with Gasteiger partial charge in [0, 0.05) is 51.9 Å². The molecule has 12 nitrogen and oxygen atoms in total. The average molecular weight is 821 g/mol. The first-order valence-electron chi connectivity index (χ1n) is 20.5. The third-order valence-electron chi connectivity index (χ3n) is 10.6. The van der Waals surface area contributed by atoms with Crippen molar-refractivity contribution >= 4 is 41.1 Å². The molecule has 0 aliphatic carbocycles. The Kier molecular flexibility index (Phi) is 15.2. The summed E-state index contributed by atoms with van der Waals surface area (Å²) in [6, 6.07) is 38.7. The zero-order valence-corrected chi connectivity index (χ0v) is 34.4. The zero-order valence-electron chi connectivity index (χ0n) is 34.4. The number of carbonyl (C=O) groups is 6. The maximum absolute atomic E-state index is 14.6. The summed E-state index contributed by atoms with van der Waals surface area (Å²) in [5.74, 6) is -3.06. The second kappa shape index (κ2) is 21.3. The number of likely N-dealkylation sites (N-methyl/N-ethyl adjacent to an activating group) is 1. The highest BCUT2D eigenvalue weighted by Crippen LogP contribution is 2.20. The molecule has 0 saturated carbocycles. The molecular formula is C49H52N6O6. The van der Waals surface area contributed by atoms with E-state index in [9.17, 15) is 28.8 Å². The molecule has 1 unspecified atom stereocenters. The molecule has 0 fully saturated rings. The SMILES string of the molecule is CN(C)C(=O)[C@@H]1Cc2ccc(cc2)NC(=O)CCC(=O)NC(CCc2ccccc2)C(=O)N[C@@H](Cc2ccc(-c3ccccc3)cc2)C(=O)N[C@H](Cc2ccccc2)C(=O)N1. The van der Waals surface area contributed by atoms with Crippen LogP contribution in [0.1, 0.15) is 41.5 Å². The Labute approximate surface area is 356 Å². The first-order valence-corrected chi connectivity index (χ1v) is 20.5. The highest BCUT2D eigenvalue weighted by molar-refractivity contribution is 5.97.